The Hall–Kier alpha value is -2.95. The fourth-order valence-corrected chi connectivity index (χ4v) is 5.33. The molecule has 5 nitrogen and oxygen atoms in total. The summed E-state index contributed by atoms with van der Waals surface area (Å²) in [6.45, 7) is 1.94. The number of para-hydroxylation sites is 1. The van der Waals surface area contributed by atoms with E-state index in [9.17, 15) is 14.4 Å². The highest BCUT2D eigenvalue weighted by Crippen LogP contribution is 2.56. The van der Waals surface area contributed by atoms with Gasteiger partial charge in [0.2, 0.25) is 11.8 Å². The lowest BCUT2D eigenvalue weighted by molar-refractivity contribution is -0.123. The molecule has 1 aliphatic heterocycles. The lowest BCUT2D eigenvalue weighted by Crippen LogP contribution is -2.32. The SMILES string of the molecule is Cc1ccccc1NC(=O)c1ccc(N2C(=O)[C@@H]3[C@H]4CC[C@@H](C4)[C@@H]3C2=O)cc1. The average Bonchev–Trinajstić information content (AvgIpc) is 3.38. The van der Waals surface area contributed by atoms with E-state index < -0.39 is 0 Å². The van der Waals surface area contributed by atoms with Crippen LogP contribution in [0.4, 0.5) is 11.4 Å². The van der Waals surface area contributed by atoms with Crippen molar-refractivity contribution >= 4 is 29.1 Å². The Morgan fingerprint density at radius 1 is 0.929 bits per heavy atom. The van der Waals surface area contributed by atoms with Crippen LogP contribution in [0.15, 0.2) is 48.5 Å². The van der Waals surface area contributed by atoms with E-state index >= 15 is 0 Å². The standard InChI is InChI=1S/C23H22N2O3/c1-13-4-2-3-5-18(13)24-21(26)14-8-10-17(11-9-14)25-22(27)19-15-6-7-16(12-15)20(19)23(25)28/h2-5,8-11,15-16,19-20H,6-7,12H2,1H3,(H,24,26)/t15-,16-,19-,20+/m0/s1. The summed E-state index contributed by atoms with van der Waals surface area (Å²) in [7, 11) is 0. The van der Waals surface area contributed by atoms with Crippen molar-refractivity contribution in [2.75, 3.05) is 10.2 Å². The molecule has 142 valence electrons. The van der Waals surface area contributed by atoms with Crippen molar-refractivity contribution in [3.8, 4) is 0 Å². The van der Waals surface area contributed by atoms with Crippen molar-refractivity contribution in [3.05, 3.63) is 59.7 Å². The van der Waals surface area contributed by atoms with Gasteiger partial charge in [-0.15, -0.1) is 0 Å². The Kier molecular flexibility index (Phi) is 3.86. The van der Waals surface area contributed by atoms with Crippen LogP contribution >= 0.6 is 0 Å². The average molecular weight is 374 g/mol. The molecule has 2 bridgehead atoms. The Labute approximate surface area is 163 Å². The number of benzene rings is 2. The molecule has 5 heteroatoms. The molecular weight excluding hydrogens is 352 g/mol. The maximum Gasteiger partial charge on any atom is 0.255 e. The van der Waals surface area contributed by atoms with Crippen LogP contribution in [0.2, 0.25) is 0 Å². The van der Waals surface area contributed by atoms with Gasteiger partial charge in [0.15, 0.2) is 0 Å². The Balaban J connectivity index is 1.36. The Bertz CT molecular complexity index is 954. The number of anilines is 2. The number of nitrogens with zero attached hydrogens (tertiary/aromatic N) is 1. The molecule has 1 saturated heterocycles. The molecule has 28 heavy (non-hydrogen) atoms. The van der Waals surface area contributed by atoms with Crippen molar-refractivity contribution in [3.63, 3.8) is 0 Å². The van der Waals surface area contributed by atoms with E-state index in [2.05, 4.69) is 5.32 Å². The van der Waals surface area contributed by atoms with Gasteiger partial charge >= 0.3 is 0 Å². The largest absolute Gasteiger partial charge is 0.322 e. The number of fused-ring (bicyclic) bond motifs is 5. The van der Waals surface area contributed by atoms with Gasteiger partial charge in [-0.05, 0) is 73.9 Å². The van der Waals surface area contributed by atoms with Crippen LogP contribution in [-0.2, 0) is 9.59 Å². The molecule has 0 aromatic heterocycles. The molecule has 2 saturated carbocycles. The highest BCUT2D eigenvalue weighted by molar-refractivity contribution is 6.22. The van der Waals surface area contributed by atoms with E-state index in [0.717, 1.165) is 30.5 Å². The van der Waals surface area contributed by atoms with Crippen LogP contribution in [0.1, 0.15) is 35.2 Å². The molecule has 0 unspecified atom stereocenters. The highest BCUT2D eigenvalue weighted by Gasteiger charge is 2.61. The van der Waals surface area contributed by atoms with Gasteiger partial charge in [-0.25, -0.2) is 0 Å². The smallest absolute Gasteiger partial charge is 0.255 e. The number of aryl methyl sites for hydroxylation is 1. The predicted octanol–water partition coefficient (Wildman–Crippen LogP) is 3.78. The van der Waals surface area contributed by atoms with Gasteiger partial charge in [-0.2, -0.15) is 0 Å². The van der Waals surface area contributed by atoms with Gasteiger partial charge in [0, 0.05) is 11.3 Å². The number of carbonyl (C=O) groups excluding carboxylic acids is 3. The van der Waals surface area contributed by atoms with Gasteiger partial charge in [0.05, 0.1) is 17.5 Å². The monoisotopic (exact) mass is 374 g/mol. The Morgan fingerprint density at radius 2 is 1.54 bits per heavy atom. The zero-order valence-corrected chi connectivity index (χ0v) is 15.7. The minimum absolute atomic E-state index is 0.0562. The normalized spacial score (nSPS) is 28.0. The number of carbonyl (C=O) groups is 3. The van der Waals surface area contributed by atoms with Gasteiger partial charge in [0.1, 0.15) is 0 Å². The number of hydrogen-bond acceptors (Lipinski definition) is 3. The molecule has 4 atom stereocenters. The Morgan fingerprint density at radius 3 is 2.14 bits per heavy atom. The van der Waals surface area contributed by atoms with Crippen LogP contribution in [0.25, 0.3) is 0 Å². The fourth-order valence-electron chi connectivity index (χ4n) is 5.33. The summed E-state index contributed by atoms with van der Waals surface area (Å²) in [5.41, 5.74) is 2.81. The van der Waals surface area contributed by atoms with Crippen LogP contribution in [0.3, 0.4) is 0 Å². The van der Waals surface area contributed by atoms with Crippen LogP contribution in [0.5, 0.6) is 0 Å². The van der Waals surface area contributed by atoms with Gasteiger partial charge in [-0.3, -0.25) is 19.3 Å². The summed E-state index contributed by atoms with van der Waals surface area (Å²) in [6, 6.07) is 14.3. The zero-order chi connectivity index (χ0) is 19.4. The first kappa shape index (κ1) is 17.2. The van der Waals surface area contributed by atoms with Crippen molar-refractivity contribution in [1.29, 1.82) is 0 Å². The van der Waals surface area contributed by atoms with Crippen LogP contribution in [-0.4, -0.2) is 17.7 Å². The fraction of sp³-hybridized carbons (Fsp3) is 0.348. The molecule has 1 N–H and O–H groups in total. The summed E-state index contributed by atoms with van der Waals surface area (Å²) < 4.78 is 0. The number of rotatable bonds is 3. The van der Waals surface area contributed by atoms with Gasteiger partial charge in [0.25, 0.3) is 5.91 Å². The molecule has 0 spiro atoms. The van der Waals surface area contributed by atoms with Crippen molar-refractivity contribution in [2.24, 2.45) is 23.7 Å². The molecule has 1 heterocycles. The van der Waals surface area contributed by atoms with Crippen molar-refractivity contribution < 1.29 is 14.4 Å². The minimum atomic E-state index is -0.213. The maximum absolute atomic E-state index is 12.9. The zero-order valence-electron chi connectivity index (χ0n) is 15.7. The first-order valence-corrected chi connectivity index (χ1v) is 9.89. The third kappa shape index (κ3) is 2.49. The van der Waals surface area contributed by atoms with Crippen LogP contribution in [0, 0.1) is 30.6 Å². The van der Waals surface area contributed by atoms with E-state index in [1.165, 1.54) is 4.90 Å². The van der Waals surface area contributed by atoms with E-state index in [-0.39, 0.29) is 29.6 Å². The molecule has 2 aromatic rings. The molecule has 2 aliphatic carbocycles. The molecule has 2 aromatic carbocycles. The molecule has 3 aliphatic rings. The molecule has 3 fully saturated rings. The quantitative estimate of drug-likeness (QED) is 0.832. The summed E-state index contributed by atoms with van der Waals surface area (Å²) >= 11 is 0. The number of hydrogen-bond donors (Lipinski definition) is 1. The molecule has 0 radical (unpaired) electrons. The third-order valence-electron chi connectivity index (χ3n) is 6.71. The van der Waals surface area contributed by atoms with E-state index in [4.69, 9.17) is 0 Å². The lowest BCUT2D eigenvalue weighted by Gasteiger charge is -2.19. The summed E-state index contributed by atoms with van der Waals surface area (Å²) in [4.78, 5) is 39.7. The van der Waals surface area contributed by atoms with Crippen LogP contribution < -0.4 is 10.2 Å². The van der Waals surface area contributed by atoms with Crippen molar-refractivity contribution in [1.82, 2.24) is 0 Å². The predicted molar refractivity (Wildman–Crippen MR) is 106 cm³/mol. The maximum atomic E-state index is 12.9. The first-order chi connectivity index (χ1) is 13.5. The van der Waals surface area contributed by atoms with E-state index in [1.807, 2.05) is 31.2 Å². The summed E-state index contributed by atoms with van der Waals surface area (Å²) in [5.74, 6) is 0.158. The highest BCUT2D eigenvalue weighted by atomic mass is 16.2. The second-order valence-corrected chi connectivity index (χ2v) is 8.21. The number of amides is 3. The number of imide groups is 1. The number of nitrogens with one attached hydrogen (secondary N) is 1. The van der Waals surface area contributed by atoms with Gasteiger partial charge < -0.3 is 5.32 Å². The third-order valence-corrected chi connectivity index (χ3v) is 6.71. The molecule has 5 rings (SSSR count). The van der Waals surface area contributed by atoms with Gasteiger partial charge in [-0.1, -0.05) is 18.2 Å². The minimum Gasteiger partial charge on any atom is -0.322 e. The van der Waals surface area contributed by atoms with Crippen molar-refractivity contribution in [2.45, 2.75) is 26.2 Å². The second-order valence-electron chi connectivity index (χ2n) is 8.21. The second kappa shape index (κ2) is 6.30. The summed E-state index contributed by atoms with van der Waals surface area (Å²) in [5, 5.41) is 2.90. The topological polar surface area (TPSA) is 66.5 Å². The first-order valence-electron chi connectivity index (χ1n) is 9.89. The van der Waals surface area contributed by atoms with E-state index in [0.29, 0.717) is 23.1 Å². The lowest BCUT2D eigenvalue weighted by atomic mass is 9.81. The molecular formula is C23H22N2O3. The molecule has 3 amide bonds. The summed E-state index contributed by atoms with van der Waals surface area (Å²) in [6.07, 6.45) is 3.16. The van der Waals surface area contributed by atoms with E-state index in [1.54, 1.807) is 24.3 Å².